The van der Waals surface area contributed by atoms with Crippen molar-refractivity contribution in [3.05, 3.63) is 29.4 Å². The van der Waals surface area contributed by atoms with E-state index >= 15 is 0 Å². The normalized spacial score (nSPS) is 42.4. The van der Waals surface area contributed by atoms with Gasteiger partial charge in [0.2, 0.25) is 0 Å². The van der Waals surface area contributed by atoms with Crippen LogP contribution in [0.2, 0.25) is 0 Å². The average Bonchev–Trinajstić information content (AvgIpc) is 3.22. The molecule has 1 aromatic rings. The summed E-state index contributed by atoms with van der Waals surface area (Å²) in [5.41, 5.74) is 3.75. The van der Waals surface area contributed by atoms with Crippen LogP contribution in [0.4, 0.5) is 0 Å². The van der Waals surface area contributed by atoms with Crippen LogP contribution >= 0.6 is 0 Å². The van der Waals surface area contributed by atoms with E-state index < -0.39 is 5.41 Å². The predicted molar refractivity (Wildman–Crippen MR) is 159 cm³/mol. The van der Waals surface area contributed by atoms with Crippen molar-refractivity contribution in [2.75, 3.05) is 7.11 Å². The molecule has 0 amide bonds. The van der Waals surface area contributed by atoms with Crippen molar-refractivity contribution < 1.29 is 19.1 Å². The van der Waals surface area contributed by atoms with Crippen molar-refractivity contribution in [2.24, 2.45) is 45.3 Å². The standard InChI is InChI=1S/C35H50N2O4/c1-20(2)26-27-22-10-11-24-32(6)14-13-25(41-21(3)38)31(4,5)23(32)12-15-34(24,8)33(22,7)16-17-35(27,30(39)40-9)29-28(26)36-18-19-37-29/h18-20,22-25H,10-17H2,1-9H3/t22-,23-,24+,25?,32-,33+,34+,35-/m0/s1. The molecule has 0 spiro atoms. The Labute approximate surface area is 246 Å². The molecule has 5 aliphatic carbocycles. The highest BCUT2D eigenvalue weighted by molar-refractivity contribution is 5.96. The Morgan fingerprint density at radius 2 is 1.59 bits per heavy atom. The Hall–Kier alpha value is -2.24. The molecule has 0 saturated heterocycles. The molecule has 0 radical (unpaired) electrons. The maximum atomic E-state index is 13.9. The fourth-order valence-corrected chi connectivity index (χ4v) is 11.8. The van der Waals surface area contributed by atoms with E-state index in [9.17, 15) is 9.59 Å². The number of aromatic nitrogens is 2. The van der Waals surface area contributed by atoms with Crippen molar-refractivity contribution in [3.8, 4) is 0 Å². The molecule has 0 aliphatic heterocycles. The Balaban J connectivity index is 1.45. The highest BCUT2D eigenvalue weighted by Crippen LogP contribution is 2.77. The van der Waals surface area contributed by atoms with E-state index in [1.807, 2.05) is 0 Å². The van der Waals surface area contributed by atoms with Gasteiger partial charge in [0.15, 0.2) is 0 Å². The maximum Gasteiger partial charge on any atom is 0.322 e. The molecule has 5 aliphatic rings. The van der Waals surface area contributed by atoms with Crippen LogP contribution in [0, 0.1) is 45.3 Å². The third kappa shape index (κ3) is 3.48. The molecule has 41 heavy (non-hydrogen) atoms. The molecule has 4 saturated carbocycles. The molecule has 224 valence electrons. The molecule has 6 heteroatoms. The Morgan fingerprint density at radius 3 is 2.24 bits per heavy atom. The van der Waals surface area contributed by atoms with Gasteiger partial charge in [-0.2, -0.15) is 0 Å². The lowest BCUT2D eigenvalue weighted by Gasteiger charge is -2.72. The average molecular weight is 563 g/mol. The number of ether oxygens (including phenoxy) is 2. The number of nitrogens with zero attached hydrogens (tertiary/aromatic N) is 2. The fraction of sp³-hybridized carbons (Fsp3) is 0.771. The summed E-state index contributed by atoms with van der Waals surface area (Å²) in [6, 6.07) is 0. The number of carbonyl (C=O) groups is 2. The number of esters is 2. The molecule has 1 aromatic heterocycles. The van der Waals surface area contributed by atoms with E-state index in [1.165, 1.54) is 24.7 Å². The summed E-state index contributed by atoms with van der Waals surface area (Å²) in [6.45, 7) is 18.4. The third-order valence-corrected chi connectivity index (χ3v) is 13.7. The number of methoxy groups -OCH3 is 1. The number of carbonyl (C=O) groups excluding carboxylic acids is 2. The first-order valence-corrected chi connectivity index (χ1v) is 16.0. The molecule has 1 unspecified atom stereocenters. The van der Waals surface area contributed by atoms with E-state index in [2.05, 4.69) is 48.5 Å². The van der Waals surface area contributed by atoms with Crippen molar-refractivity contribution in [3.63, 3.8) is 0 Å². The summed E-state index contributed by atoms with van der Waals surface area (Å²) >= 11 is 0. The molecule has 0 N–H and O–H groups in total. The van der Waals surface area contributed by atoms with Gasteiger partial charge in [-0.25, -0.2) is 0 Å². The first-order valence-electron chi connectivity index (χ1n) is 16.0. The number of hydrogen-bond donors (Lipinski definition) is 0. The minimum Gasteiger partial charge on any atom is -0.468 e. The van der Waals surface area contributed by atoms with Crippen LogP contribution in [-0.2, 0) is 24.5 Å². The van der Waals surface area contributed by atoms with Crippen molar-refractivity contribution >= 4 is 17.5 Å². The molecule has 4 fully saturated rings. The quantitative estimate of drug-likeness (QED) is 0.360. The summed E-state index contributed by atoms with van der Waals surface area (Å²) in [5, 5.41) is 0. The summed E-state index contributed by atoms with van der Waals surface area (Å²) in [7, 11) is 1.53. The lowest BCUT2D eigenvalue weighted by Crippen LogP contribution is -2.66. The van der Waals surface area contributed by atoms with E-state index in [4.69, 9.17) is 19.4 Å². The van der Waals surface area contributed by atoms with Gasteiger partial charge in [0, 0.05) is 24.7 Å². The van der Waals surface area contributed by atoms with Crippen LogP contribution in [0.25, 0.3) is 5.57 Å². The molecule has 0 aromatic carbocycles. The summed E-state index contributed by atoms with van der Waals surface area (Å²) in [4.78, 5) is 35.6. The third-order valence-electron chi connectivity index (χ3n) is 13.7. The zero-order chi connectivity index (χ0) is 29.8. The van der Waals surface area contributed by atoms with Gasteiger partial charge in [0.25, 0.3) is 0 Å². The first kappa shape index (κ1) is 28.9. The highest BCUT2D eigenvalue weighted by Gasteiger charge is 2.71. The second-order valence-electron chi connectivity index (χ2n) is 15.7. The van der Waals surface area contributed by atoms with Gasteiger partial charge in [-0.05, 0) is 102 Å². The highest BCUT2D eigenvalue weighted by atomic mass is 16.5. The van der Waals surface area contributed by atoms with Crippen molar-refractivity contribution in [2.45, 2.75) is 118 Å². The van der Waals surface area contributed by atoms with E-state index in [0.717, 1.165) is 56.3 Å². The minimum atomic E-state index is -0.823. The molecule has 0 bridgehead atoms. The summed E-state index contributed by atoms with van der Waals surface area (Å²) < 4.78 is 11.5. The van der Waals surface area contributed by atoms with Gasteiger partial charge in [0.05, 0.1) is 18.5 Å². The van der Waals surface area contributed by atoms with E-state index in [1.54, 1.807) is 19.3 Å². The lowest BCUT2D eigenvalue weighted by atomic mass is 9.33. The fourth-order valence-electron chi connectivity index (χ4n) is 11.8. The van der Waals surface area contributed by atoms with Crippen LogP contribution in [0.15, 0.2) is 18.0 Å². The van der Waals surface area contributed by atoms with Crippen LogP contribution in [-0.4, -0.2) is 35.1 Å². The molecule has 1 heterocycles. The van der Waals surface area contributed by atoms with E-state index in [0.29, 0.717) is 11.8 Å². The van der Waals surface area contributed by atoms with Gasteiger partial charge < -0.3 is 9.47 Å². The lowest BCUT2D eigenvalue weighted by molar-refractivity contribution is -0.231. The minimum absolute atomic E-state index is 0.0135. The Morgan fingerprint density at radius 1 is 0.878 bits per heavy atom. The van der Waals surface area contributed by atoms with Crippen molar-refractivity contribution in [1.29, 1.82) is 0 Å². The van der Waals surface area contributed by atoms with E-state index in [-0.39, 0.29) is 51.5 Å². The molecule has 6 rings (SSSR count). The second-order valence-corrected chi connectivity index (χ2v) is 15.7. The topological polar surface area (TPSA) is 78.4 Å². The van der Waals surface area contributed by atoms with Crippen LogP contribution in [0.3, 0.4) is 0 Å². The van der Waals surface area contributed by atoms with Gasteiger partial charge in [-0.3, -0.25) is 19.6 Å². The Bertz CT molecular complexity index is 1320. The Kier molecular flexibility index (Phi) is 6.43. The first-order chi connectivity index (χ1) is 19.2. The number of allylic oxidation sites excluding steroid dienone is 1. The second kappa shape index (κ2) is 9.13. The number of rotatable bonds is 3. The molecule has 6 nitrogen and oxygen atoms in total. The number of fused-ring (bicyclic) bond motifs is 9. The van der Waals surface area contributed by atoms with Crippen molar-refractivity contribution in [1.82, 2.24) is 9.97 Å². The molecule has 8 atom stereocenters. The molecular formula is C35H50N2O4. The monoisotopic (exact) mass is 562 g/mol. The zero-order valence-corrected chi connectivity index (χ0v) is 26.7. The number of hydrogen-bond acceptors (Lipinski definition) is 6. The van der Waals surface area contributed by atoms with Crippen LogP contribution in [0.1, 0.15) is 118 Å². The zero-order valence-electron chi connectivity index (χ0n) is 26.7. The van der Waals surface area contributed by atoms with Gasteiger partial charge in [-0.15, -0.1) is 0 Å². The maximum absolute atomic E-state index is 13.9. The molecular weight excluding hydrogens is 512 g/mol. The van der Waals surface area contributed by atoms with Gasteiger partial charge in [-0.1, -0.05) is 48.5 Å². The summed E-state index contributed by atoms with van der Waals surface area (Å²) in [5.74, 6) is 1.30. The van der Waals surface area contributed by atoms with Gasteiger partial charge in [0.1, 0.15) is 11.5 Å². The SMILES string of the molecule is COC(=O)[C@@]12CC[C@]3(C)[C@@H](CC[C@@H]4[C@@]5(C)CCC(OC(C)=O)C(C)(C)[C@@H]5CC[C@]43C)C1=C(C(C)C)c1nccnc12. The van der Waals surface area contributed by atoms with Crippen LogP contribution < -0.4 is 0 Å². The summed E-state index contributed by atoms with van der Waals surface area (Å²) in [6.07, 6.45) is 11.8. The largest absolute Gasteiger partial charge is 0.468 e. The predicted octanol–water partition coefficient (Wildman–Crippen LogP) is 7.31. The van der Waals surface area contributed by atoms with Crippen LogP contribution in [0.5, 0.6) is 0 Å². The smallest absolute Gasteiger partial charge is 0.322 e. The van der Waals surface area contributed by atoms with Gasteiger partial charge >= 0.3 is 11.9 Å².